The summed E-state index contributed by atoms with van der Waals surface area (Å²) in [6.07, 6.45) is 0.991. The lowest BCUT2D eigenvalue weighted by Crippen LogP contribution is -2.27. The minimum atomic E-state index is -1.11. The zero-order valence-corrected chi connectivity index (χ0v) is 13.0. The van der Waals surface area contributed by atoms with Gasteiger partial charge in [-0.3, -0.25) is 4.79 Å². The van der Waals surface area contributed by atoms with Gasteiger partial charge in [0.2, 0.25) is 0 Å². The summed E-state index contributed by atoms with van der Waals surface area (Å²) in [5.74, 6) is -1.42. The number of nitrogens with one attached hydrogen (secondary N) is 1. The van der Waals surface area contributed by atoms with Crippen molar-refractivity contribution in [2.45, 2.75) is 18.9 Å². The molecule has 2 rings (SSSR count). The number of rotatable bonds is 3. The quantitative estimate of drug-likeness (QED) is 0.828. The maximum Gasteiger partial charge on any atom is 0.337 e. The molecule has 1 fully saturated rings. The Morgan fingerprint density at radius 2 is 2.11 bits per heavy atom. The van der Waals surface area contributed by atoms with E-state index in [1.165, 1.54) is 6.07 Å². The minimum Gasteiger partial charge on any atom is -0.478 e. The van der Waals surface area contributed by atoms with Gasteiger partial charge in [0.15, 0.2) is 0 Å². The SMILES string of the molecule is O=C(O)c1cc(Br)cc(Br)c1NC(=O)[C@H]1CCCO1. The molecule has 5 nitrogen and oxygen atoms in total. The highest BCUT2D eigenvalue weighted by molar-refractivity contribution is 9.11. The van der Waals surface area contributed by atoms with Gasteiger partial charge in [-0.05, 0) is 40.9 Å². The first-order chi connectivity index (χ1) is 8.99. The van der Waals surface area contributed by atoms with Crippen LogP contribution in [0.2, 0.25) is 0 Å². The predicted molar refractivity (Wildman–Crippen MR) is 76.4 cm³/mol. The highest BCUT2D eigenvalue weighted by Crippen LogP contribution is 2.31. The van der Waals surface area contributed by atoms with Crippen LogP contribution in [0.15, 0.2) is 21.1 Å². The van der Waals surface area contributed by atoms with Gasteiger partial charge in [-0.2, -0.15) is 0 Å². The van der Waals surface area contributed by atoms with Gasteiger partial charge >= 0.3 is 5.97 Å². The molecule has 0 spiro atoms. The van der Waals surface area contributed by atoms with Gasteiger partial charge in [-0.15, -0.1) is 0 Å². The van der Waals surface area contributed by atoms with E-state index in [-0.39, 0.29) is 17.2 Å². The molecule has 1 aliphatic rings. The fourth-order valence-corrected chi connectivity index (χ4v) is 3.18. The Hall–Kier alpha value is -0.920. The van der Waals surface area contributed by atoms with Gasteiger partial charge < -0.3 is 15.2 Å². The number of anilines is 1. The standard InChI is InChI=1S/C12H11Br2NO4/c13-6-4-7(12(17)18)10(8(14)5-6)15-11(16)9-2-1-3-19-9/h4-5,9H,1-3H2,(H,15,16)(H,17,18)/t9-/m1/s1. The van der Waals surface area contributed by atoms with E-state index in [0.29, 0.717) is 22.0 Å². The molecule has 1 saturated heterocycles. The highest BCUT2D eigenvalue weighted by atomic mass is 79.9. The lowest BCUT2D eigenvalue weighted by molar-refractivity contribution is -0.124. The van der Waals surface area contributed by atoms with Crippen molar-refractivity contribution < 1.29 is 19.4 Å². The van der Waals surface area contributed by atoms with Gasteiger partial charge in [-0.1, -0.05) is 15.9 Å². The van der Waals surface area contributed by atoms with Crippen LogP contribution < -0.4 is 5.32 Å². The summed E-state index contributed by atoms with van der Waals surface area (Å²) in [5.41, 5.74) is 0.267. The van der Waals surface area contributed by atoms with Crippen LogP contribution in [0.5, 0.6) is 0 Å². The van der Waals surface area contributed by atoms with Gasteiger partial charge in [-0.25, -0.2) is 4.79 Å². The summed E-state index contributed by atoms with van der Waals surface area (Å²) in [6, 6.07) is 3.12. The number of amides is 1. The molecule has 7 heteroatoms. The van der Waals surface area contributed by atoms with Crippen LogP contribution in [0.4, 0.5) is 5.69 Å². The van der Waals surface area contributed by atoms with Crippen LogP contribution in [0.1, 0.15) is 23.2 Å². The molecular weight excluding hydrogens is 382 g/mol. The van der Waals surface area contributed by atoms with Crippen LogP contribution in [0.25, 0.3) is 0 Å². The molecule has 1 aliphatic heterocycles. The van der Waals surface area contributed by atoms with Crippen molar-refractivity contribution in [2.24, 2.45) is 0 Å². The third-order valence-electron chi connectivity index (χ3n) is 2.76. The van der Waals surface area contributed by atoms with Crippen LogP contribution in [-0.4, -0.2) is 29.7 Å². The van der Waals surface area contributed by atoms with E-state index in [2.05, 4.69) is 37.2 Å². The normalized spacial score (nSPS) is 18.3. The molecule has 0 bridgehead atoms. The largest absolute Gasteiger partial charge is 0.478 e. The molecule has 1 amide bonds. The Bertz CT molecular complexity index is 527. The Morgan fingerprint density at radius 1 is 1.37 bits per heavy atom. The number of benzene rings is 1. The number of carbonyl (C=O) groups excluding carboxylic acids is 1. The second-order valence-corrected chi connectivity index (χ2v) is 5.88. The number of carboxylic acids is 1. The van der Waals surface area contributed by atoms with E-state index in [1.54, 1.807) is 6.07 Å². The van der Waals surface area contributed by atoms with Crippen LogP contribution in [0.3, 0.4) is 0 Å². The summed E-state index contributed by atoms with van der Waals surface area (Å²) in [6.45, 7) is 0.561. The van der Waals surface area contributed by atoms with Gasteiger partial charge in [0.25, 0.3) is 5.91 Å². The van der Waals surface area contributed by atoms with Crippen LogP contribution >= 0.6 is 31.9 Å². The first kappa shape index (κ1) is 14.5. The third-order valence-corrected chi connectivity index (χ3v) is 3.84. The first-order valence-corrected chi connectivity index (χ1v) is 7.22. The van der Waals surface area contributed by atoms with Crippen molar-refractivity contribution in [1.82, 2.24) is 0 Å². The highest BCUT2D eigenvalue weighted by Gasteiger charge is 2.26. The molecule has 0 aliphatic carbocycles. The fraction of sp³-hybridized carbons (Fsp3) is 0.333. The first-order valence-electron chi connectivity index (χ1n) is 5.64. The Morgan fingerprint density at radius 3 is 2.68 bits per heavy atom. The minimum absolute atomic E-state index is 0.0209. The number of carbonyl (C=O) groups is 2. The molecule has 0 aromatic heterocycles. The number of ether oxygens (including phenoxy) is 1. The maximum atomic E-state index is 12.0. The van der Waals surface area contributed by atoms with Gasteiger partial charge in [0.1, 0.15) is 6.10 Å². The zero-order chi connectivity index (χ0) is 14.0. The van der Waals surface area contributed by atoms with E-state index in [0.717, 1.165) is 6.42 Å². The van der Waals surface area contributed by atoms with Crippen molar-refractivity contribution in [2.75, 3.05) is 11.9 Å². The van der Waals surface area contributed by atoms with Gasteiger partial charge in [0, 0.05) is 15.6 Å². The Balaban J connectivity index is 2.28. The molecular formula is C12H11Br2NO4. The molecule has 19 heavy (non-hydrogen) atoms. The van der Waals surface area contributed by atoms with E-state index in [4.69, 9.17) is 9.84 Å². The number of hydrogen-bond donors (Lipinski definition) is 2. The summed E-state index contributed by atoms with van der Waals surface area (Å²) >= 11 is 6.47. The maximum absolute atomic E-state index is 12.0. The smallest absolute Gasteiger partial charge is 0.337 e. The lowest BCUT2D eigenvalue weighted by atomic mass is 10.1. The van der Waals surface area contributed by atoms with Crippen molar-refractivity contribution in [3.05, 3.63) is 26.6 Å². The monoisotopic (exact) mass is 391 g/mol. The molecule has 0 saturated carbocycles. The summed E-state index contributed by atoms with van der Waals surface area (Å²) in [5, 5.41) is 11.8. The molecule has 2 N–H and O–H groups in total. The summed E-state index contributed by atoms with van der Waals surface area (Å²) in [7, 11) is 0. The molecule has 0 unspecified atom stereocenters. The topological polar surface area (TPSA) is 75.6 Å². The summed E-state index contributed by atoms with van der Waals surface area (Å²) in [4.78, 5) is 23.2. The second kappa shape index (κ2) is 6.02. The predicted octanol–water partition coefficient (Wildman–Crippen LogP) is 3.03. The number of carboxylic acid groups (broad SMARTS) is 1. The van der Waals surface area contributed by atoms with E-state index < -0.39 is 12.1 Å². The van der Waals surface area contributed by atoms with E-state index in [9.17, 15) is 9.59 Å². The molecule has 102 valence electrons. The number of hydrogen-bond acceptors (Lipinski definition) is 3. The molecule has 1 atom stereocenters. The van der Waals surface area contributed by atoms with E-state index >= 15 is 0 Å². The lowest BCUT2D eigenvalue weighted by Gasteiger charge is -2.14. The molecule has 0 radical (unpaired) electrons. The Labute approximate surface area is 126 Å². The molecule has 1 aromatic carbocycles. The second-order valence-electron chi connectivity index (χ2n) is 4.11. The average molecular weight is 393 g/mol. The Kier molecular flexibility index (Phi) is 4.59. The summed E-state index contributed by atoms with van der Waals surface area (Å²) < 4.78 is 6.39. The molecule has 1 aromatic rings. The molecule has 1 heterocycles. The van der Waals surface area contributed by atoms with E-state index in [1.807, 2.05) is 0 Å². The van der Waals surface area contributed by atoms with Crippen molar-refractivity contribution in [3.63, 3.8) is 0 Å². The number of halogens is 2. The zero-order valence-electron chi connectivity index (χ0n) is 9.78. The van der Waals surface area contributed by atoms with Crippen molar-refractivity contribution in [3.8, 4) is 0 Å². The van der Waals surface area contributed by atoms with Gasteiger partial charge in [0.05, 0.1) is 11.3 Å². The van der Waals surface area contributed by atoms with Crippen molar-refractivity contribution >= 4 is 49.4 Å². The van der Waals surface area contributed by atoms with Crippen LogP contribution in [-0.2, 0) is 9.53 Å². The van der Waals surface area contributed by atoms with Crippen molar-refractivity contribution in [1.29, 1.82) is 0 Å². The average Bonchev–Trinajstić information content (AvgIpc) is 2.85. The number of aromatic carboxylic acids is 1. The fourth-order valence-electron chi connectivity index (χ4n) is 1.86. The van der Waals surface area contributed by atoms with Crippen LogP contribution in [0, 0.1) is 0 Å². The third kappa shape index (κ3) is 3.34.